The molecule has 21 heavy (non-hydrogen) atoms. The molecule has 2 atom stereocenters. The van der Waals surface area contributed by atoms with Gasteiger partial charge in [0.15, 0.2) is 5.82 Å². The Morgan fingerprint density at radius 2 is 2.10 bits per heavy atom. The van der Waals surface area contributed by atoms with E-state index < -0.39 is 0 Å². The lowest BCUT2D eigenvalue weighted by atomic mass is 9.85. The first-order valence-corrected chi connectivity index (χ1v) is 7.65. The summed E-state index contributed by atoms with van der Waals surface area (Å²) in [7, 11) is 1.98. The van der Waals surface area contributed by atoms with Gasteiger partial charge in [-0.2, -0.15) is 0 Å². The molecule has 2 aromatic rings. The van der Waals surface area contributed by atoms with Gasteiger partial charge in [0.25, 0.3) is 0 Å². The zero-order valence-electron chi connectivity index (χ0n) is 12.6. The standard InChI is InChI=1S/C17H22FN3/c1-11-6-3-4-8-15(11)21(2)17-13(18)10-14(19)12-7-5-9-20-16(12)17/h5,7,9-11,15H,3-4,6,8,19H2,1-2H3. The van der Waals surface area contributed by atoms with Crippen molar-refractivity contribution >= 4 is 22.3 Å². The Kier molecular flexibility index (Phi) is 3.70. The van der Waals surface area contributed by atoms with Crippen molar-refractivity contribution in [2.75, 3.05) is 17.7 Å². The van der Waals surface area contributed by atoms with Gasteiger partial charge in [0.2, 0.25) is 0 Å². The van der Waals surface area contributed by atoms with Crippen LogP contribution in [-0.2, 0) is 0 Å². The zero-order valence-corrected chi connectivity index (χ0v) is 12.6. The molecule has 3 nitrogen and oxygen atoms in total. The van der Waals surface area contributed by atoms with Crippen LogP contribution in [0.2, 0.25) is 0 Å². The molecular formula is C17H22FN3. The predicted octanol–water partition coefficient (Wildman–Crippen LogP) is 3.97. The molecule has 0 aliphatic heterocycles. The summed E-state index contributed by atoms with van der Waals surface area (Å²) in [5, 5.41) is 0.823. The van der Waals surface area contributed by atoms with Crippen LogP contribution in [0.5, 0.6) is 0 Å². The van der Waals surface area contributed by atoms with Crippen LogP contribution in [0.1, 0.15) is 32.6 Å². The monoisotopic (exact) mass is 287 g/mol. The summed E-state index contributed by atoms with van der Waals surface area (Å²) in [6.07, 6.45) is 6.49. The summed E-state index contributed by atoms with van der Waals surface area (Å²) in [4.78, 5) is 6.46. The van der Waals surface area contributed by atoms with Crippen LogP contribution < -0.4 is 10.6 Å². The number of nitrogen functional groups attached to an aromatic ring is 1. The van der Waals surface area contributed by atoms with Crippen LogP contribution in [0.25, 0.3) is 10.9 Å². The van der Waals surface area contributed by atoms with Crippen molar-refractivity contribution in [3.63, 3.8) is 0 Å². The number of aromatic nitrogens is 1. The van der Waals surface area contributed by atoms with Gasteiger partial charge in [0.05, 0.1) is 11.2 Å². The smallest absolute Gasteiger partial charge is 0.150 e. The largest absolute Gasteiger partial charge is 0.398 e. The van der Waals surface area contributed by atoms with E-state index in [4.69, 9.17) is 5.73 Å². The predicted molar refractivity (Wildman–Crippen MR) is 85.9 cm³/mol. The van der Waals surface area contributed by atoms with Gasteiger partial charge >= 0.3 is 0 Å². The Morgan fingerprint density at radius 1 is 1.33 bits per heavy atom. The third-order valence-corrected chi connectivity index (χ3v) is 4.77. The number of halogens is 1. The van der Waals surface area contributed by atoms with Gasteiger partial charge in [-0.15, -0.1) is 0 Å². The second kappa shape index (κ2) is 5.51. The Balaban J connectivity index is 2.11. The van der Waals surface area contributed by atoms with Crippen molar-refractivity contribution in [1.82, 2.24) is 4.98 Å². The van der Waals surface area contributed by atoms with Crippen molar-refractivity contribution in [2.45, 2.75) is 38.6 Å². The van der Waals surface area contributed by atoms with Crippen molar-refractivity contribution in [1.29, 1.82) is 0 Å². The topological polar surface area (TPSA) is 42.1 Å². The van der Waals surface area contributed by atoms with Crippen molar-refractivity contribution in [3.05, 3.63) is 30.2 Å². The maximum Gasteiger partial charge on any atom is 0.150 e. The van der Waals surface area contributed by atoms with E-state index >= 15 is 0 Å². The highest BCUT2D eigenvalue weighted by Crippen LogP contribution is 2.36. The molecule has 0 spiro atoms. The summed E-state index contributed by atoms with van der Waals surface area (Å²) >= 11 is 0. The van der Waals surface area contributed by atoms with E-state index in [0.717, 1.165) is 11.8 Å². The summed E-state index contributed by atoms with van der Waals surface area (Å²) in [5.74, 6) is 0.290. The highest BCUT2D eigenvalue weighted by molar-refractivity contribution is 5.98. The average Bonchev–Trinajstić information content (AvgIpc) is 2.47. The lowest BCUT2D eigenvalue weighted by molar-refractivity contribution is 0.320. The SMILES string of the molecule is CC1CCCCC1N(C)c1c(F)cc(N)c2cccnc12. The van der Waals surface area contributed by atoms with E-state index in [9.17, 15) is 4.39 Å². The van der Waals surface area contributed by atoms with Crippen molar-refractivity contribution < 1.29 is 4.39 Å². The Hall–Kier alpha value is -1.84. The molecule has 2 unspecified atom stereocenters. The maximum atomic E-state index is 14.6. The van der Waals surface area contributed by atoms with E-state index in [1.54, 1.807) is 6.20 Å². The van der Waals surface area contributed by atoms with Crippen LogP contribution in [0.4, 0.5) is 15.8 Å². The van der Waals surface area contributed by atoms with E-state index in [2.05, 4.69) is 16.8 Å². The first kappa shape index (κ1) is 14.1. The molecule has 0 amide bonds. The summed E-state index contributed by atoms with van der Waals surface area (Å²) in [6, 6.07) is 5.52. The number of hydrogen-bond acceptors (Lipinski definition) is 3. The molecule has 2 N–H and O–H groups in total. The number of nitrogens with two attached hydrogens (primary N) is 1. The van der Waals surface area contributed by atoms with E-state index in [1.807, 2.05) is 19.2 Å². The molecule has 1 aliphatic carbocycles. The van der Waals surface area contributed by atoms with E-state index in [0.29, 0.717) is 28.9 Å². The van der Waals surface area contributed by atoms with E-state index in [-0.39, 0.29) is 5.82 Å². The Morgan fingerprint density at radius 3 is 2.86 bits per heavy atom. The van der Waals surface area contributed by atoms with Crippen LogP contribution in [0, 0.1) is 11.7 Å². The van der Waals surface area contributed by atoms with Crippen molar-refractivity contribution in [3.8, 4) is 0 Å². The molecule has 0 bridgehead atoms. The first-order chi connectivity index (χ1) is 10.1. The maximum absolute atomic E-state index is 14.6. The fraction of sp³-hybridized carbons (Fsp3) is 0.471. The van der Waals surface area contributed by atoms with E-state index in [1.165, 1.54) is 25.3 Å². The third-order valence-electron chi connectivity index (χ3n) is 4.77. The number of fused-ring (bicyclic) bond motifs is 1. The molecule has 112 valence electrons. The molecule has 4 heteroatoms. The lowest BCUT2D eigenvalue weighted by Crippen LogP contribution is -2.39. The molecule has 0 saturated heterocycles. The number of anilines is 2. The molecule has 3 rings (SSSR count). The second-order valence-electron chi connectivity index (χ2n) is 6.14. The molecule has 0 radical (unpaired) electrons. The summed E-state index contributed by atoms with van der Waals surface area (Å²) in [5.41, 5.74) is 7.63. The lowest BCUT2D eigenvalue weighted by Gasteiger charge is -2.38. The highest BCUT2D eigenvalue weighted by atomic mass is 19.1. The third kappa shape index (κ3) is 2.43. The highest BCUT2D eigenvalue weighted by Gasteiger charge is 2.28. The van der Waals surface area contributed by atoms with Crippen LogP contribution in [-0.4, -0.2) is 18.1 Å². The molecule has 1 heterocycles. The van der Waals surface area contributed by atoms with Crippen LogP contribution >= 0.6 is 0 Å². The van der Waals surface area contributed by atoms with Gasteiger partial charge in [-0.3, -0.25) is 4.98 Å². The summed E-state index contributed by atoms with van der Waals surface area (Å²) < 4.78 is 14.6. The Bertz CT molecular complexity index is 656. The van der Waals surface area contributed by atoms with Crippen LogP contribution in [0.3, 0.4) is 0 Å². The van der Waals surface area contributed by atoms with Gasteiger partial charge in [-0.1, -0.05) is 19.8 Å². The van der Waals surface area contributed by atoms with Gasteiger partial charge in [-0.05, 0) is 37.0 Å². The minimum Gasteiger partial charge on any atom is -0.398 e. The number of benzene rings is 1. The summed E-state index contributed by atoms with van der Waals surface area (Å²) in [6.45, 7) is 2.26. The van der Waals surface area contributed by atoms with Gasteiger partial charge in [-0.25, -0.2) is 4.39 Å². The molecule has 1 aromatic heterocycles. The molecule has 1 fully saturated rings. The fourth-order valence-corrected chi connectivity index (χ4v) is 3.60. The van der Waals surface area contributed by atoms with Crippen LogP contribution in [0.15, 0.2) is 24.4 Å². The first-order valence-electron chi connectivity index (χ1n) is 7.65. The molecule has 1 aromatic carbocycles. The minimum absolute atomic E-state index is 0.279. The second-order valence-corrected chi connectivity index (χ2v) is 6.14. The minimum atomic E-state index is -0.279. The van der Waals surface area contributed by atoms with Crippen molar-refractivity contribution in [2.24, 2.45) is 5.92 Å². The molecule has 1 saturated carbocycles. The van der Waals surface area contributed by atoms with Gasteiger partial charge < -0.3 is 10.6 Å². The van der Waals surface area contributed by atoms with Gasteiger partial charge in [0, 0.05) is 30.4 Å². The zero-order chi connectivity index (χ0) is 15.0. The quantitative estimate of drug-likeness (QED) is 0.850. The normalized spacial score (nSPS) is 22.4. The average molecular weight is 287 g/mol. The number of nitrogens with zero attached hydrogens (tertiary/aromatic N) is 2. The number of rotatable bonds is 2. The fourth-order valence-electron chi connectivity index (χ4n) is 3.60. The Labute approximate surface area is 125 Å². The molecular weight excluding hydrogens is 265 g/mol. The number of hydrogen-bond donors (Lipinski definition) is 1. The number of pyridine rings is 1. The molecule has 1 aliphatic rings. The van der Waals surface area contributed by atoms with Gasteiger partial charge in [0.1, 0.15) is 0 Å².